The number of nitrogens with one attached hydrogen (secondary N) is 1. The van der Waals surface area contributed by atoms with E-state index in [1.807, 2.05) is 6.92 Å². The number of anilines is 1. The second-order valence-electron chi connectivity index (χ2n) is 4.00. The zero-order chi connectivity index (χ0) is 14.4. The molecule has 19 heavy (non-hydrogen) atoms. The van der Waals surface area contributed by atoms with Gasteiger partial charge in [-0.3, -0.25) is 9.59 Å². The Bertz CT molecular complexity index is 477. The molecule has 0 aromatic heterocycles. The van der Waals surface area contributed by atoms with Crippen LogP contribution in [0.2, 0.25) is 10.0 Å². The molecule has 0 aliphatic rings. The molecule has 1 amide bonds. The van der Waals surface area contributed by atoms with Crippen molar-refractivity contribution < 1.29 is 14.3 Å². The third kappa shape index (κ3) is 5.09. The highest BCUT2D eigenvalue weighted by Gasteiger charge is 2.20. The van der Waals surface area contributed by atoms with Crippen LogP contribution in [0.1, 0.15) is 26.7 Å². The number of amides is 1. The number of hydrogen-bond acceptors (Lipinski definition) is 3. The van der Waals surface area contributed by atoms with Crippen LogP contribution in [0.5, 0.6) is 0 Å². The molecule has 0 fully saturated rings. The van der Waals surface area contributed by atoms with Gasteiger partial charge in [0.05, 0.1) is 10.0 Å². The minimum Gasteiger partial charge on any atom is -0.452 e. The first-order valence-corrected chi connectivity index (χ1v) is 6.62. The zero-order valence-electron chi connectivity index (χ0n) is 10.7. The van der Waals surface area contributed by atoms with Gasteiger partial charge in [0.1, 0.15) is 0 Å². The molecule has 1 rings (SSSR count). The van der Waals surface area contributed by atoms with E-state index < -0.39 is 12.1 Å². The molecule has 0 aliphatic carbocycles. The Balaban J connectivity index is 2.74. The van der Waals surface area contributed by atoms with Crippen molar-refractivity contribution in [3.8, 4) is 0 Å². The molecular formula is C13H15Cl2NO3. The average molecular weight is 304 g/mol. The second kappa shape index (κ2) is 7.36. The van der Waals surface area contributed by atoms with E-state index in [-0.39, 0.29) is 5.91 Å². The molecule has 0 heterocycles. The number of rotatable bonds is 5. The summed E-state index contributed by atoms with van der Waals surface area (Å²) in [7, 11) is 0. The number of esters is 1. The third-order valence-corrected chi connectivity index (χ3v) is 3.08. The first-order valence-electron chi connectivity index (χ1n) is 5.87. The van der Waals surface area contributed by atoms with Crippen molar-refractivity contribution in [2.75, 3.05) is 5.32 Å². The van der Waals surface area contributed by atoms with Crippen LogP contribution in [0.3, 0.4) is 0 Å². The summed E-state index contributed by atoms with van der Waals surface area (Å²) in [5, 5.41) is 3.39. The molecule has 0 aliphatic heterocycles. The van der Waals surface area contributed by atoms with E-state index in [4.69, 9.17) is 27.9 Å². The maximum Gasteiger partial charge on any atom is 0.303 e. The molecule has 4 nitrogen and oxygen atoms in total. The molecule has 0 radical (unpaired) electrons. The van der Waals surface area contributed by atoms with Crippen molar-refractivity contribution >= 4 is 40.8 Å². The molecule has 1 unspecified atom stereocenters. The Hall–Kier alpha value is -1.26. The summed E-state index contributed by atoms with van der Waals surface area (Å²) in [6, 6.07) is 4.75. The molecule has 1 N–H and O–H groups in total. The quantitative estimate of drug-likeness (QED) is 0.845. The molecule has 0 saturated carbocycles. The van der Waals surface area contributed by atoms with E-state index in [0.717, 1.165) is 6.42 Å². The molecule has 1 aromatic rings. The first-order chi connectivity index (χ1) is 8.93. The normalized spacial score (nSPS) is 11.8. The van der Waals surface area contributed by atoms with Gasteiger partial charge in [0.25, 0.3) is 5.91 Å². The number of ether oxygens (including phenoxy) is 1. The first kappa shape index (κ1) is 15.8. The van der Waals surface area contributed by atoms with Crippen LogP contribution in [0.15, 0.2) is 18.2 Å². The monoisotopic (exact) mass is 303 g/mol. The van der Waals surface area contributed by atoms with Gasteiger partial charge in [-0.2, -0.15) is 0 Å². The predicted octanol–water partition coefficient (Wildman–Crippen LogP) is 3.66. The van der Waals surface area contributed by atoms with Crippen molar-refractivity contribution in [2.24, 2.45) is 0 Å². The van der Waals surface area contributed by atoms with Crippen molar-refractivity contribution in [3.63, 3.8) is 0 Å². The second-order valence-corrected chi connectivity index (χ2v) is 4.82. The minimum atomic E-state index is -0.794. The lowest BCUT2D eigenvalue weighted by atomic mass is 10.2. The Labute approximate surface area is 122 Å². The van der Waals surface area contributed by atoms with E-state index >= 15 is 0 Å². The van der Waals surface area contributed by atoms with E-state index in [1.54, 1.807) is 18.2 Å². The van der Waals surface area contributed by atoms with E-state index in [1.165, 1.54) is 6.92 Å². The number of hydrogen-bond donors (Lipinski definition) is 1. The fourth-order valence-corrected chi connectivity index (χ4v) is 1.80. The Morgan fingerprint density at radius 3 is 2.53 bits per heavy atom. The van der Waals surface area contributed by atoms with Gasteiger partial charge in [-0.25, -0.2) is 0 Å². The van der Waals surface area contributed by atoms with Crippen molar-refractivity contribution in [3.05, 3.63) is 28.2 Å². The number of benzene rings is 1. The molecule has 0 saturated heterocycles. The highest BCUT2D eigenvalue weighted by molar-refractivity contribution is 6.42. The van der Waals surface area contributed by atoms with Crippen LogP contribution in [-0.2, 0) is 14.3 Å². The Kier molecular flexibility index (Phi) is 6.12. The standard InChI is InChI=1S/C13H15Cl2NO3/c1-3-4-12(19-8(2)17)13(18)16-9-5-6-10(14)11(15)7-9/h5-7,12H,3-4H2,1-2H3,(H,16,18). The van der Waals surface area contributed by atoms with Gasteiger partial charge in [0.2, 0.25) is 0 Å². The minimum absolute atomic E-state index is 0.346. The maximum absolute atomic E-state index is 12.0. The van der Waals surface area contributed by atoms with Crippen LogP contribution in [-0.4, -0.2) is 18.0 Å². The highest BCUT2D eigenvalue weighted by atomic mass is 35.5. The fourth-order valence-electron chi connectivity index (χ4n) is 1.50. The van der Waals surface area contributed by atoms with Crippen LogP contribution >= 0.6 is 23.2 Å². The van der Waals surface area contributed by atoms with Gasteiger partial charge in [-0.15, -0.1) is 0 Å². The van der Waals surface area contributed by atoms with Crippen molar-refractivity contribution in [1.29, 1.82) is 0 Å². The Morgan fingerprint density at radius 2 is 2.00 bits per heavy atom. The summed E-state index contributed by atoms with van der Waals surface area (Å²) >= 11 is 11.6. The smallest absolute Gasteiger partial charge is 0.303 e. The van der Waals surface area contributed by atoms with Crippen LogP contribution in [0.4, 0.5) is 5.69 Å². The lowest BCUT2D eigenvalue weighted by molar-refractivity contribution is -0.152. The lowest BCUT2D eigenvalue weighted by Crippen LogP contribution is -2.31. The van der Waals surface area contributed by atoms with Gasteiger partial charge >= 0.3 is 5.97 Å². The van der Waals surface area contributed by atoms with Crippen LogP contribution < -0.4 is 5.32 Å². The summed E-state index contributed by atoms with van der Waals surface area (Å²) in [6.07, 6.45) is 0.399. The summed E-state index contributed by atoms with van der Waals surface area (Å²) < 4.78 is 4.97. The summed E-state index contributed by atoms with van der Waals surface area (Å²) in [5.74, 6) is -0.863. The van der Waals surface area contributed by atoms with Gasteiger partial charge < -0.3 is 10.1 Å². The molecule has 0 bridgehead atoms. The number of carbonyl (C=O) groups is 2. The Morgan fingerprint density at radius 1 is 1.32 bits per heavy atom. The predicted molar refractivity (Wildman–Crippen MR) is 75.6 cm³/mol. The lowest BCUT2D eigenvalue weighted by Gasteiger charge is -2.16. The molecule has 1 atom stereocenters. The van der Waals surface area contributed by atoms with Crippen molar-refractivity contribution in [1.82, 2.24) is 0 Å². The highest BCUT2D eigenvalue weighted by Crippen LogP contribution is 2.25. The van der Waals surface area contributed by atoms with E-state index in [2.05, 4.69) is 5.32 Å². The fraction of sp³-hybridized carbons (Fsp3) is 0.385. The van der Waals surface area contributed by atoms with E-state index in [0.29, 0.717) is 22.2 Å². The van der Waals surface area contributed by atoms with Gasteiger partial charge in [0, 0.05) is 12.6 Å². The molecule has 104 valence electrons. The van der Waals surface area contributed by atoms with Crippen LogP contribution in [0, 0.1) is 0 Å². The van der Waals surface area contributed by atoms with Crippen molar-refractivity contribution in [2.45, 2.75) is 32.8 Å². The number of halogens is 2. The molecule has 6 heteroatoms. The average Bonchev–Trinajstić information content (AvgIpc) is 2.33. The third-order valence-electron chi connectivity index (χ3n) is 2.34. The summed E-state index contributed by atoms with van der Waals surface area (Å²) in [6.45, 7) is 3.18. The molecule has 0 spiro atoms. The largest absolute Gasteiger partial charge is 0.452 e. The van der Waals surface area contributed by atoms with E-state index in [9.17, 15) is 9.59 Å². The SMILES string of the molecule is CCCC(OC(C)=O)C(=O)Nc1ccc(Cl)c(Cl)c1. The van der Waals surface area contributed by atoms with Crippen LogP contribution in [0.25, 0.3) is 0 Å². The summed E-state index contributed by atoms with van der Waals surface area (Å²) in [4.78, 5) is 22.9. The van der Waals surface area contributed by atoms with Gasteiger partial charge in [0.15, 0.2) is 6.10 Å². The van der Waals surface area contributed by atoms with Gasteiger partial charge in [-0.05, 0) is 24.6 Å². The topological polar surface area (TPSA) is 55.4 Å². The molecular weight excluding hydrogens is 289 g/mol. The number of carbonyl (C=O) groups excluding carboxylic acids is 2. The van der Waals surface area contributed by atoms with Gasteiger partial charge in [-0.1, -0.05) is 36.5 Å². The molecule has 1 aromatic carbocycles. The zero-order valence-corrected chi connectivity index (χ0v) is 12.2. The maximum atomic E-state index is 12.0. The summed E-state index contributed by atoms with van der Waals surface area (Å²) in [5.41, 5.74) is 0.507.